The number of nitrogens with zero attached hydrogens (tertiary/aromatic N) is 4. The second-order valence-electron chi connectivity index (χ2n) is 26.3. The second-order valence-corrected chi connectivity index (χ2v) is 28.5. The molecule has 92 heavy (non-hydrogen) atoms. The monoisotopic (exact) mass is 1280 g/mol. The lowest BCUT2D eigenvalue weighted by molar-refractivity contribution is 0.0559. The summed E-state index contributed by atoms with van der Waals surface area (Å²) in [4.78, 5) is 131. The molecule has 8 amide bonds. The number of thiophene rings is 2. The van der Waals surface area contributed by atoms with E-state index in [4.69, 9.17) is 0 Å². The van der Waals surface area contributed by atoms with Crippen molar-refractivity contribution in [1.82, 2.24) is 19.6 Å². The van der Waals surface area contributed by atoms with Crippen LogP contribution in [-0.4, -0.2) is 106 Å². The molecule has 6 heterocycles. The van der Waals surface area contributed by atoms with Crippen LogP contribution in [0.1, 0.15) is 281 Å². The van der Waals surface area contributed by atoms with Crippen LogP contribution in [0.15, 0.2) is 48.5 Å². The van der Waals surface area contributed by atoms with E-state index >= 15 is 38.4 Å². The Kier molecular flexibility index (Phi) is 22.1. The van der Waals surface area contributed by atoms with Crippen LogP contribution < -0.4 is 10.6 Å². The standard InChI is InChI=1S/C76H96N6O8S2/c1-11-21-27-45(17-7)41-79-71(85)53-39-55(77-35-25-15-5)67-63-51(69(83)81(75(67)89)43-47(19-9)29-23-13-3)37-49(65(61(53)63)73(79)87)57-31-33-59(91-57)60-34-32-58(92-60)50-38-52-64-62-54(72(86)80(74(88)66(50)62)42-46(18-8)28-22-12-2)40-56(78-36-26-16-6)68(64)76(90)82(70(52)84)44-48(20-10)30-24-14-4/h31-34,37-40,45-48,77-78H,11-30,35-36,41-44H2,1-10H3. The number of hydrogen-bond donors (Lipinski definition) is 2. The molecule has 0 saturated carbocycles. The van der Waals surface area contributed by atoms with Gasteiger partial charge in [-0.3, -0.25) is 58.0 Å². The molecule has 4 aromatic carbocycles. The zero-order chi connectivity index (χ0) is 65.7. The second kappa shape index (κ2) is 29.9. The van der Waals surface area contributed by atoms with Crippen molar-refractivity contribution in [3.63, 3.8) is 0 Å². The molecule has 10 rings (SSSR count). The Hall–Kier alpha value is -7.04. The molecule has 0 bridgehead atoms. The fourth-order valence-corrected chi connectivity index (χ4v) is 16.5. The molecule has 0 spiro atoms. The Labute approximate surface area is 552 Å². The Morgan fingerprint density at radius 1 is 0.315 bits per heavy atom. The zero-order valence-corrected chi connectivity index (χ0v) is 57.8. The van der Waals surface area contributed by atoms with Crippen LogP contribution in [0.5, 0.6) is 0 Å². The summed E-state index contributed by atoms with van der Waals surface area (Å²) in [6, 6.07) is 15.0. The van der Waals surface area contributed by atoms with Gasteiger partial charge in [0.2, 0.25) is 0 Å². The van der Waals surface area contributed by atoms with Crippen LogP contribution in [-0.2, 0) is 0 Å². The van der Waals surface area contributed by atoms with Gasteiger partial charge in [-0.25, -0.2) is 0 Å². The zero-order valence-electron chi connectivity index (χ0n) is 56.2. The van der Waals surface area contributed by atoms with Crippen molar-refractivity contribution >= 4 is 103 Å². The molecule has 4 aliphatic heterocycles. The van der Waals surface area contributed by atoms with Crippen LogP contribution in [0, 0.1) is 23.7 Å². The van der Waals surface area contributed by atoms with Gasteiger partial charge in [0, 0.05) is 114 Å². The number of carbonyl (C=O) groups excluding carboxylic acids is 8. The first-order chi connectivity index (χ1) is 44.6. The van der Waals surface area contributed by atoms with Crippen molar-refractivity contribution in [2.45, 2.75) is 198 Å². The fourth-order valence-electron chi connectivity index (χ4n) is 14.4. The van der Waals surface area contributed by atoms with Crippen molar-refractivity contribution in [2.75, 3.05) is 49.9 Å². The third-order valence-electron chi connectivity index (χ3n) is 20.2. The minimum atomic E-state index is -0.452. The summed E-state index contributed by atoms with van der Waals surface area (Å²) in [7, 11) is 0. The van der Waals surface area contributed by atoms with Crippen molar-refractivity contribution in [3.8, 4) is 30.6 Å². The van der Waals surface area contributed by atoms with E-state index in [-0.39, 0.29) is 61.0 Å². The number of carbonyl (C=O) groups is 8. The molecule has 0 fully saturated rings. The van der Waals surface area contributed by atoms with Crippen LogP contribution in [0.3, 0.4) is 0 Å². The molecule has 6 aromatic rings. The number of hydrogen-bond acceptors (Lipinski definition) is 12. The van der Waals surface area contributed by atoms with Crippen molar-refractivity contribution in [3.05, 3.63) is 93.0 Å². The average Bonchev–Trinajstić information content (AvgIpc) is 0.839. The van der Waals surface area contributed by atoms with Gasteiger partial charge < -0.3 is 10.6 Å². The van der Waals surface area contributed by atoms with Crippen molar-refractivity contribution in [1.29, 1.82) is 0 Å². The predicted octanol–water partition coefficient (Wildman–Crippen LogP) is 18.8. The summed E-state index contributed by atoms with van der Waals surface area (Å²) in [6.07, 6.45) is 17.7. The minimum Gasteiger partial charge on any atom is -0.384 e. The summed E-state index contributed by atoms with van der Waals surface area (Å²) in [5.41, 5.74) is 4.36. The molecule has 4 aliphatic rings. The van der Waals surface area contributed by atoms with Gasteiger partial charge in [-0.1, -0.05) is 159 Å². The van der Waals surface area contributed by atoms with Gasteiger partial charge in [0.25, 0.3) is 47.3 Å². The smallest absolute Gasteiger partial charge is 0.263 e. The predicted molar refractivity (Wildman–Crippen MR) is 375 cm³/mol. The molecular formula is C76H96N6O8S2. The third kappa shape index (κ3) is 12.8. The van der Waals surface area contributed by atoms with Crippen LogP contribution in [0.25, 0.3) is 52.2 Å². The van der Waals surface area contributed by atoms with Gasteiger partial charge in [-0.2, -0.15) is 0 Å². The average molecular weight is 1290 g/mol. The van der Waals surface area contributed by atoms with Crippen molar-refractivity contribution in [2.24, 2.45) is 23.7 Å². The molecule has 2 N–H and O–H groups in total. The molecule has 4 unspecified atom stereocenters. The number of rotatable bonds is 35. The molecule has 4 atom stereocenters. The lowest BCUT2D eigenvalue weighted by Gasteiger charge is -2.36. The van der Waals surface area contributed by atoms with E-state index in [9.17, 15) is 0 Å². The van der Waals surface area contributed by atoms with E-state index in [1.807, 2.05) is 24.3 Å². The number of imide groups is 4. The van der Waals surface area contributed by atoms with Gasteiger partial charge in [-0.15, -0.1) is 22.7 Å². The number of unbranched alkanes of at least 4 members (excludes halogenated alkanes) is 6. The molecule has 0 saturated heterocycles. The summed E-state index contributed by atoms with van der Waals surface area (Å²) in [5, 5.41) is 8.40. The van der Waals surface area contributed by atoms with E-state index in [0.29, 0.717) is 100 Å². The lowest BCUT2D eigenvalue weighted by Crippen LogP contribution is -2.46. The van der Waals surface area contributed by atoms with E-state index < -0.39 is 47.3 Å². The summed E-state index contributed by atoms with van der Waals surface area (Å²) in [5.74, 6) is -3.21. The van der Waals surface area contributed by atoms with E-state index in [0.717, 1.165) is 138 Å². The molecule has 14 nitrogen and oxygen atoms in total. The maximum absolute atomic E-state index is 15.6. The highest BCUT2D eigenvalue weighted by Crippen LogP contribution is 2.51. The molecule has 2 aromatic heterocycles. The highest BCUT2D eigenvalue weighted by Gasteiger charge is 2.46. The van der Waals surface area contributed by atoms with Gasteiger partial charge >= 0.3 is 0 Å². The summed E-state index contributed by atoms with van der Waals surface area (Å²) >= 11 is 2.89. The minimum absolute atomic E-state index is 0.0661. The lowest BCUT2D eigenvalue weighted by atomic mass is 9.81. The van der Waals surface area contributed by atoms with Gasteiger partial charge in [0.05, 0.1) is 33.4 Å². The molecule has 16 heteroatoms. The Morgan fingerprint density at radius 2 is 0.576 bits per heavy atom. The van der Waals surface area contributed by atoms with E-state index in [1.54, 1.807) is 24.3 Å². The van der Waals surface area contributed by atoms with Crippen molar-refractivity contribution < 1.29 is 38.4 Å². The van der Waals surface area contributed by atoms with Crippen LogP contribution in [0.2, 0.25) is 0 Å². The first-order valence-corrected chi connectivity index (χ1v) is 36.7. The Morgan fingerprint density at radius 3 is 0.859 bits per heavy atom. The maximum atomic E-state index is 15.6. The molecule has 0 radical (unpaired) electrons. The number of nitrogens with one attached hydrogen (secondary N) is 2. The van der Waals surface area contributed by atoms with Gasteiger partial charge in [-0.05, 0) is 111 Å². The third-order valence-corrected chi connectivity index (χ3v) is 22.6. The largest absolute Gasteiger partial charge is 0.384 e. The molecule has 0 aliphatic carbocycles. The summed E-state index contributed by atoms with van der Waals surface area (Å²) in [6.45, 7) is 23.2. The SMILES string of the molecule is CCCCNc1cc2c3c(c(-c4ccc(-c5ccc(-c6cc7c8c(c(NCCCC)cc9c8c6C(=O)N(CC(CC)CCCC)C9=O)C(=O)N(CC(CC)CCCC)C7=O)s5)s4)cc4c3c1C(=O)N(CC(CC)CCCC)C4=O)C(=O)N(CC(CC)CCCC)C2=O. The van der Waals surface area contributed by atoms with E-state index in [1.165, 1.54) is 42.3 Å². The fraction of sp³-hybridized carbons (Fsp3) is 0.526. The molecule has 490 valence electrons. The first kappa shape index (κ1) is 67.8. The highest BCUT2D eigenvalue weighted by molar-refractivity contribution is 7.25. The number of anilines is 2. The topological polar surface area (TPSA) is 174 Å². The van der Waals surface area contributed by atoms with Gasteiger partial charge in [0.1, 0.15) is 0 Å². The van der Waals surface area contributed by atoms with Gasteiger partial charge in [0.15, 0.2) is 0 Å². The summed E-state index contributed by atoms with van der Waals surface area (Å²) < 4.78 is 0. The number of benzene rings is 4. The Bertz CT molecular complexity index is 3590. The quantitative estimate of drug-likeness (QED) is 0.0288. The maximum Gasteiger partial charge on any atom is 0.263 e. The van der Waals surface area contributed by atoms with Crippen LogP contribution >= 0.6 is 22.7 Å². The van der Waals surface area contributed by atoms with Crippen LogP contribution in [0.4, 0.5) is 11.4 Å². The first-order valence-electron chi connectivity index (χ1n) is 35.1. The highest BCUT2D eigenvalue weighted by atomic mass is 32.1. The number of amides is 8. The Balaban J connectivity index is 1.15. The van der Waals surface area contributed by atoms with E-state index in [2.05, 4.69) is 79.9 Å². The molecular weight excluding hydrogens is 1190 g/mol. The normalized spacial score (nSPS) is 15.9.